The summed E-state index contributed by atoms with van der Waals surface area (Å²) < 4.78 is 0. The number of anilines is 1. The minimum atomic E-state index is -0.297. The van der Waals surface area contributed by atoms with Crippen molar-refractivity contribution in [3.05, 3.63) is 62.5 Å². The molecule has 0 saturated heterocycles. The van der Waals surface area contributed by atoms with Gasteiger partial charge in [0.15, 0.2) is 5.13 Å². The molecule has 1 aliphatic carbocycles. The Kier molecular flexibility index (Phi) is 6.36. The van der Waals surface area contributed by atoms with Crippen LogP contribution in [0.15, 0.2) is 40.5 Å². The molecule has 3 heterocycles. The number of carbonyl (C=O) groups excluding carboxylic acids is 1. The normalized spacial score (nSPS) is 16.5. The number of aromatic amines is 1. The molecule has 2 atom stereocenters. The van der Waals surface area contributed by atoms with E-state index in [-0.39, 0.29) is 16.7 Å². The van der Waals surface area contributed by atoms with Gasteiger partial charge in [0.1, 0.15) is 10.7 Å². The average molecular weight is 497 g/mol. The Morgan fingerprint density at radius 2 is 2.12 bits per heavy atom. The summed E-state index contributed by atoms with van der Waals surface area (Å²) in [6.45, 7) is 4.12. The molecule has 0 fully saturated rings. The van der Waals surface area contributed by atoms with Gasteiger partial charge in [-0.15, -0.1) is 34.4 Å². The number of fused-ring (bicyclic) bond motifs is 2. The van der Waals surface area contributed by atoms with Gasteiger partial charge in [-0.25, -0.2) is 9.97 Å². The summed E-state index contributed by atoms with van der Waals surface area (Å²) in [4.78, 5) is 39.7. The second-order valence-electron chi connectivity index (χ2n) is 8.39. The molecule has 2 unspecified atom stereocenters. The van der Waals surface area contributed by atoms with E-state index in [0.29, 0.717) is 32.8 Å². The highest BCUT2D eigenvalue weighted by molar-refractivity contribution is 7.99. The van der Waals surface area contributed by atoms with Crippen molar-refractivity contribution in [2.75, 3.05) is 5.32 Å². The number of hydrogen-bond donors (Lipinski definition) is 2. The van der Waals surface area contributed by atoms with Gasteiger partial charge in [0, 0.05) is 15.8 Å². The Hall–Kier alpha value is -2.49. The molecule has 0 aliphatic heterocycles. The fourth-order valence-corrected chi connectivity index (χ4v) is 6.87. The van der Waals surface area contributed by atoms with Gasteiger partial charge >= 0.3 is 0 Å². The van der Waals surface area contributed by atoms with E-state index in [2.05, 4.69) is 27.2 Å². The van der Waals surface area contributed by atoms with E-state index in [1.54, 1.807) is 11.3 Å². The Balaban J connectivity index is 1.25. The standard InChI is InChI=1S/C24H24N4O2S3/c1-13-8-9-17-18(10-13)33-24(25-17)28-21(29)14(2)31-12-19-26-22(30)20-16(11-32-23(20)27-19)15-6-4-3-5-7-15/h3-7,11,13-14H,8-10,12H2,1-2H3,(H,25,28,29)(H,26,27,30). The molecule has 3 aromatic heterocycles. The highest BCUT2D eigenvalue weighted by Gasteiger charge is 2.22. The van der Waals surface area contributed by atoms with Crippen LogP contribution in [0.2, 0.25) is 0 Å². The molecule has 1 aliphatic rings. The van der Waals surface area contributed by atoms with E-state index < -0.39 is 0 Å². The summed E-state index contributed by atoms with van der Waals surface area (Å²) >= 11 is 4.51. The number of benzene rings is 1. The molecular weight excluding hydrogens is 472 g/mol. The van der Waals surface area contributed by atoms with Crippen LogP contribution in [0.4, 0.5) is 5.13 Å². The average Bonchev–Trinajstić information content (AvgIpc) is 3.41. The molecule has 0 saturated carbocycles. The molecule has 9 heteroatoms. The Morgan fingerprint density at radius 3 is 2.94 bits per heavy atom. The molecule has 1 amide bonds. The molecule has 1 aromatic carbocycles. The number of H-pyrrole nitrogens is 1. The summed E-state index contributed by atoms with van der Waals surface area (Å²) in [6, 6.07) is 9.85. The van der Waals surface area contributed by atoms with Gasteiger partial charge in [0.05, 0.1) is 22.1 Å². The van der Waals surface area contributed by atoms with Crippen molar-refractivity contribution in [3.8, 4) is 11.1 Å². The number of thiophene rings is 1. The van der Waals surface area contributed by atoms with Gasteiger partial charge in [-0.2, -0.15) is 0 Å². The zero-order chi connectivity index (χ0) is 22.9. The number of aromatic nitrogens is 3. The van der Waals surface area contributed by atoms with Crippen molar-refractivity contribution in [2.45, 2.75) is 44.1 Å². The number of rotatable bonds is 6. The molecule has 170 valence electrons. The van der Waals surface area contributed by atoms with Crippen LogP contribution in [-0.2, 0) is 23.4 Å². The van der Waals surface area contributed by atoms with E-state index in [1.165, 1.54) is 28.0 Å². The van der Waals surface area contributed by atoms with Gasteiger partial charge in [0.25, 0.3) is 5.56 Å². The zero-order valence-electron chi connectivity index (χ0n) is 18.4. The maximum absolute atomic E-state index is 12.8. The van der Waals surface area contributed by atoms with Crippen molar-refractivity contribution >= 4 is 55.7 Å². The van der Waals surface area contributed by atoms with Crippen LogP contribution in [0.1, 0.15) is 36.7 Å². The molecule has 4 aromatic rings. The third-order valence-electron chi connectivity index (χ3n) is 5.83. The van der Waals surface area contributed by atoms with Gasteiger partial charge in [-0.1, -0.05) is 37.3 Å². The lowest BCUT2D eigenvalue weighted by atomic mass is 9.93. The van der Waals surface area contributed by atoms with Gasteiger partial charge in [-0.05, 0) is 37.7 Å². The number of hydrogen-bond acceptors (Lipinski definition) is 7. The van der Waals surface area contributed by atoms with E-state index >= 15 is 0 Å². The lowest BCUT2D eigenvalue weighted by Crippen LogP contribution is -2.23. The first kappa shape index (κ1) is 22.3. The first-order valence-electron chi connectivity index (χ1n) is 10.9. The highest BCUT2D eigenvalue weighted by atomic mass is 32.2. The molecule has 2 N–H and O–H groups in total. The largest absolute Gasteiger partial charge is 0.309 e. The number of amides is 1. The smallest absolute Gasteiger partial charge is 0.260 e. The van der Waals surface area contributed by atoms with E-state index in [0.717, 1.165) is 36.1 Å². The Labute approximate surface area is 203 Å². The van der Waals surface area contributed by atoms with E-state index in [9.17, 15) is 9.59 Å². The van der Waals surface area contributed by atoms with E-state index in [1.807, 2.05) is 42.6 Å². The number of nitrogens with one attached hydrogen (secondary N) is 2. The quantitative estimate of drug-likeness (QED) is 0.368. The van der Waals surface area contributed by atoms with Gasteiger partial charge < -0.3 is 10.3 Å². The van der Waals surface area contributed by atoms with Crippen LogP contribution in [0, 0.1) is 5.92 Å². The van der Waals surface area contributed by atoms with Crippen LogP contribution >= 0.6 is 34.4 Å². The van der Waals surface area contributed by atoms with Crippen molar-refractivity contribution in [1.82, 2.24) is 15.0 Å². The van der Waals surface area contributed by atoms with Gasteiger partial charge in [-0.3, -0.25) is 9.59 Å². The SMILES string of the molecule is CC1CCc2nc(NC(=O)C(C)SCc3nc4scc(-c5ccccc5)c4c(=O)[nH]3)sc2C1. The zero-order valence-corrected chi connectivity index (χ0v) is 20.8. The third-order valence-corrected chi connectivity index (χ3v) is 8.90. The molecule has 0 spiro atoms. The molecule has 5 rings (SSSR count). The topological polar surface area (TPSA) is 87.7 Å². The van der Waals surface area contributed by atoms with Crippen LogP contribution in [0.3, 0.4) is 0 Å². The van der Waals surface area contributed by atoms with Crippen LogP contribution in [0.5, 0.6) is 0 Å². The lowest BCUT2D eigenvalue weighted by molar-refractivity contribution is -0.115. The van der Waals surface area contributed by atoms with Gasteiger partial charge in [0.2, 0.25) is 5.91 Å². The summed E-state index contributed by atoms with van der Waals surface area (Å²) in [5.74, 6) is 1.63. The summed E-state index contributed by atoms with van der Waals surface area (Å²) in [7, 11) is 0. The number of thiazole rings is 1. The predicted octanol–water partition coefficient (Wildman–Crippen LogP) is 5.49. The fraction of sp³-hybridized carbons (Fsp3) is 0.333. The molecule has 6 nitrogen and oxygen atoms in total. The Bertz CT molecular complexity index is 1360. The predicted molar refractivity (Wildman–Crippen MR) is 138 cm³/mol. The highest BCUT2D eigenvalue weighted by Crippen LogP contribution is 2.33. The second-order valence-corrected chi connectivity index (χ2v) is 11.7. The Morgan fingerprint density at radius 1 is 1.30 bits per heavy atom. The summed E-state index contributed by atoms with van der Waals surface area (Å²) in [5.41, 5.74) is 2.89. The fourth-order valence-electron chi connectivity index (χ4n) is 3.97. The molecule has 33 heavy (non-hydrogen) atoms. The molecule has 0 radical (unpaired) electrons. The molecular formula is C24H24N4O2S3. The van der Waals surface area contributed by atoms with Crippen LogP contribution in [0.25, 0.3) is 21.3 Å². The van der Waals surface area contributed by atoms with Crippen molar-refractivity contribution < 1.29 is 4.79 Å². The minimum Gasteiger partial charge on any atom is -0.309 e. The monoisotopic (exact) mass is 496 g/mol. The van der Waals surface area contributed by atoms with Crippen LogP contribution < -0.4 is 10.9 Å². The number of aryl methyl sites for hydroxylation is 1. The third kappa shape index (κ3) is 4.76. The number of nitrogens with zero attached hydrogens (tertiary/aromatic N) is 2. The van der Waals surface area contributed by atoms with Crippen LogP contribution in [-0.4, -0.2) is 26.1 Å². The summed E-state index contributed by atoms with van der Waals surface area (Å²) in [5, 5.41) is 5.95. The number of carbonyl (C=O) groups is 1. The lowest BCUT2D eigenvalue weighted by Gasteiger charge is -2.15. The minimum absolute atomic E-state index is 0.0787. The van der Waals surface area contributed by atoms with Crippen molar-refractivity contribution in [3.63, 3.8) is 0 Å². The second kappa shape index (κ2) is 9.40. The van der Waals surface area contributed by atoms with Crippen molar-refractivity contribution in [2.24, 2.45) is 5.92 Å². The van der Waals surface area contributed by atoms with E-state index in [4.69, 9.17) is 0 Å². The van der Waals surface area contributed by atoms with Crippen molar-refractivity contribution in [1.29, 1.82) is 0 Å². The summed E-state index contributed by atoms with van der Waals surface area (Å²) in [6.07, 6.45) is 3.19. The first-order valence-corrected chi connectivity index (χ1v) is 13.7. The number of thioether (sulfide) groups is 1. The molecule has 0 bridgehead atoms. The first-order chi connectivity index (χ1) is 16.0. The maximum Gasteiger partial charge on any atom is 0.260 e. The maximum atomic E-state index is 12.8.